The van der Waals surface area contributed by atoms with E-state index in [2.05, 4.69) is 41.8 Å². The van der Waals surface area contributed by atoms with Crippen LogP contribution in [-0.2, 0) is 0 Å². The minimum atomic E-state index is -0.0966. The largest absolute Gasteiger partial charge is 0.327 e. The molecule has 2 heterocycles. The zero-order valence-electron chi connectivity index (χ0n) is 9.88. The third kappa shape index (κ3) is 4.62. The molecule has 18 heavy (non-hydrogen) atoms. The van der Waals surface area contributed by atoms with Crippen LogP contribution in [0.3, 0.4) is 0 Å². The van der Waals surface area contributed by atoms with Crippen LogP contribution in [0, 0.1) is 13.8 Å². The van der Waals surface area contributed by atoms with E-state index >= 15 is 0 Å². The minimum absolute atomic E-state index is 0.0370. The van der Waals surface area contributed by atoms with Crippen LogP contribution < -0.4 is 11.1 Å². The molecule has 0 saturated heterocycles. The Morgan fingerprint density at radius 2 is 1.67 bits per heavy atom. The van der Waals surface area contributed by atoms with E-state index in [1.54, 1.807) is 12.1 Å². The molecule has 0 aliphatic rings. The van der Waals surface area contributed by atoms with Crippen molar-refractivity contribution in [2.45, 2.75) is 13.8 Å². The summed E-state index contributed by atoms with van der Waals surface area (Å²) < 4.78 is 1.45. The van der Waals surface area contributed by atoms with E-state index in [0.717, 1.165) is 15.9 Å². The fourth-order valence-corrected chi connectivity index (χ4v) is 2.10. The zero-order chi connectivity index (χ0) is 13.7. The van der Waals surface area contributed by atoms with Crippen LogP contribution in [0.2, 0.25) is 0 Å². The second kappa shape index (κ2) is 6.70. The van der Waals surface area contributed by atoms with Crippen molar-refractivity contribution in [3.05, 3.63) is 65.3 Å². The van der Waals surface area contributed by atoms with Crippen LogP contribution in [0.15, 0.2) is 42.8 Å². The Labute approximate surface area is 121 Å². The lowest BCUT2D eigenvalue weighted by molar-refractivity contribution is 1.11. The summed E-state index contributed by atoms with van der Waals surface area (Å²) in [5.41, 5.74) is 1.61. The Kier molecular flexibility index (Phi) is 5.55. The SMILES string of the molecule is Cc1[nH]c(=O)c(Br)cc1Br.Cc1cccc(=O)[nH]1. The highest BCUT2D eigenvalue weighted by Gasteiger charge is 1.98. The topological polar surface area (TPSA) is 65.7 Å². The lowest BCUT2D eigenvalue weighted by Gasteiger charge is -1.95. The van der Waals surface area contributed by atoms with E-state index < -0.39 is 0 Å². The highest BCUT2D eigenvalue weighted by atomic mass is 79.9. The number of aryl methyl sites for hydroxylation is 2. The van der Waals surface area contributed by atoms with Gasteiger partial charge in [0.2, 0.25) is 5.56 Å². The molecule has 4 nitrogen and oxygen atoms in total. The van der Waals surface area contributed by atoms with E-state index in [1.807, 2.05) is 19.9 Å². The van der Waals surface area contributed by atoms with Crippen molar-refractivity contribution in [3.8, 4) is 0 Å². The molecule has 0 atom stereocenters. The van der Waals surface area contributed by atoms with Gasteiger partial charge in [0.1, 0.15) is 0 Å². The van der Waals surface area contributed by atoms with Crippen LogP contribution >= 0.6 is 31.9 Å². The number of aromatic amines is 2. The summed E-state index contributed by atoms with van der Waals surface area (Å²) in [5.74, 6) is 0. The van der Waals surface area contributed by atoms with Gasteiger partial charge in [0.05, 0.1) is 4.47 Å². The number of nitrogens with one attached hydrogen (secondary N) is 2. The molecule has 0 aromatic carbocycles. The molecule has 0 amide bonds. The molecule has 0 bridgehead atoms. The third-order valence-corrected chi connectivity index (χ3v) is 3.46. The maximum atomic E-state index is 10.9. The van der Waals surface area contributed by atoms with Gasteiger partial charge in [-0.1, -0.05) is 6.07 Å². The third-order valence-electron chi connectivity index (χ3n) is 2.04. The van der Waals surface area contributed by atoms with Crippen LogP contribution in [0.1, 0.15) is 11.4 Å². The lowest BCUT2D eigenvalue weighted by atomic mass is 10.4. The number of H-pyrrole nitrogens is 2. The lowest BCUT2D eigenvalue weighted by Crippen LogP contribution is -2.07. The van der Waals surface area contributed by atoms with Gasteiger partial charge in [-0.2, -0.15) is 0 Å². The van der Waals surface area contributed by atoms with E-state index in [9.17, 15) is 9.59 Å². The smallest absolute Gasteiger partial charge is 0.262 e. The summed E-state index contributed by atoms with van der Waals surface area (Å²) in [6.45, 7) is 3.68. The molecular formula is C12H12Br2N2O2. The van der Waals surface area contributed by atoms with Gasteiger partial charge < -0.3 is 9.97 Å². The average Bonchev–Trinajstić information content (AvgIpc) is 2.27. The van der Waals surface area contributed by atoms with Crippen molar-refractivity contribution in [1.29, 1.82) is 0 Å². The summed E-state index contributed by atoms with van der Waals surface area (Å²) in [6, 6.07) is 6.80. The van der Waals surface area contributed by atoms with Crippen molar-refractivity contribution < 1.29 is 0 Å². The number of aromatic nitrogens is 2. The summed E-state index contributed by atoms with van der Waals surface area (Å²) in [4.78, 5) is 26.6. The summed E-state index contributed by atoms with van der Waals surface area (Å²) in [6.07, 6.45) is 0. The predicted octanol–water partition coefficient (Wildman–Crippen LogP) is 2.89. The van der Waals surface area contributed by atoms with E-state index in [1.165, 1.54) is 6.07 Å². The molecule has 0 aliphatic heterocycles. The molecule has 0 unspecified atom stereocenters. The first kappa shape index (κ1) is 14.9. The van der Waals surface area contributed by atoms with Crippen molar-refractivity contribution in [2.24, 2.45) is 0 Å². The molecule has 6 heteroatoms. The summed E-state index contributed by atoms with van der Waals surface area (Å²) >= 11 is 6.39. The number of hydrogen-bond acceptors (Lipinski definition) is 2. The zero-order valence-corrected chi connectivity index (χ0v) is 13.1. The molecule has 0 spiro atoms. The van der Waals surface area contributed by atoms with Gasteiger partial charge in [-0.25, -0.2) is 0 Å². The first-order valence-electron chi connectivity index (χ1n) is 5.11. The van der Waals surface area contributed by atoms with Crippen molar-refractivity contribution >= 4 is 31.9 Å². The van der Waals surface area contributed by atoms with Crippen molar-refractivity contribution in [2.75, 3.05) is 0 Å². The fraction of sp³-hybridized carbons (Fsp3) is 0.167. The maximum Gasteiger partial charge on any atom is 0.262 e. The molecule has 2 aromatic rings. The fourth-order valence-electron chi connectivity index (χ4n) is 1.13. The van der Waals surface area contributed by atoms with Crippen LogP contribution in [0.4, 0.5) is 0 Å². The maximum absolute atomic E-state index is 10.9. The monoisotopic (exact) mass is 374 g/mol. The van der Waals surface area contributed by atoms with Crippen LogP contribution in [0.5, 0.6) is 0 Å². The van der Waals surface area contributed by atoms with Gasteiger partial charge >= 0.3 is 0 Å². The van der Waals surface area contributed by atoms with Crippen molar-refractivity contribution in [3.63, 3.8) is 0 Å². The van der Waals surface area contributed by atoms with Gasteiger partial charge in [-0.05, 0) is 57.8 Å². The standard InChI is InChI=1S/C6H5Br2NO.C6H7NO/c1-3-4(7)2-5(8)6(10)9-3;1-5-3-2-4-6(8)7-5/h2H,1H3,(H,9,10);2-4H,1H3,(H,7,8). The highest BCUT2D eigenvalue weighted by Crippen LogP contribution is 2.15. The molecule has 2 aromatic heterocycles. The molecule has 0 radical (unpaired) electrons. The molecule has 0 saturated carbocycles. The van der Waals surface area contributed by atoms with Crippen LogP contribution in [0.25, 0.3) is 0 Å². The van der Waals surface area contributed by atoms with E-state index in [0.29, 0.717) is 4.47 Å². The van der Waals surface area contributed by atoms with E-state index in [4.69, 9.17) is 0 Å². The molecular weight excluding hydrogens is 364 g/mol. The Morgan fingerprint density at radius 3 is 2.11 bits per heavy atom. The number of pyridine rings is 2. The number of hydrogen-bond donors (Lipinski definition) is 2. The molecule has 2 rings (SSSR count). The molecule has 96 valence electrons. The first-order valence-corrected chi connectivity index (χ1v) is 6.69. The second-order valence-corrected chi connectivity index (χ2v) is 5.33. The Hall–Kier alpha value is -1.14. The Balaban J connectivity index is 0.000000184. The highest BCUT2D eigenvalue weighted by molar-refractivity contribution is 9.11. The summed E-state index contributed by atoms with van der Waals surface area (Å²) in [5, 5.41) is 0. The molecule has 2 N–H and O–H groups in total. The first-order chi connectivity index (χ1) is 8.40. The average molecular weight is 376 g/mol. The van der Waals surface area contributed by atoms with Gasteiger partial charge in [0.25, 0.3) is 5.56 Å². The number of rotatable bonds is 0. The summed E-state index contributed by atoms with van der Waals surface area (Å²) in [7, 11) is 0. The molecule has 0 fully saturated rings. The van der Waals surface area contributed by atoms with Gasteiger partial charge in [0.15, 0.2) is 0 Å². The molecule has 0 aliphatic carbocycles. The Morgan fingerprint density at radius 1 is 1.00 bits per heavy atom. The van der Waals surface area contributed by atoms with E-state index in [-0.39, 0.29) is 11.1 Å². The van der Waals surface area contributed by atoms with Gasteiger partial charge in [0, 0.05) is 21.9 Å². The Bertz CT molecular complexity index is 647. The second-order valence-electron chi connectivity index (χ2n) is 3.62. The van der Waals surface area contributed by atoms with Gasteiger partial charge in [-0.15, -0.1) is 0 Å². The quantitative estimate of drug-likeness (QED) is 0.743. The minimum Gasteiger partial charge on any atom is -0.327 e. The number of halogens is 2. The van der Waals surface area contributed by atoms with Crippen molar-refractivity contribution in [1.82, 2.24) is 9.97 Å². The normalized spacial score (nSPS) is 9.56. The van der Waals surface area contributed by atoms with Gasteiger partial charge in [-0.3, -0.25) is 9.59 Å². The van der Waals surface area contributed by atoms with Crippen LogP contribution in [-0.4, -0.2) is 9.97 Å². The predicted molar refractivity (Wildman–Crippen MR) is 79.0 cm³/mol.